The summed E-state index contributed by atoms with van der Waals surface area (Å²) in [5.74, 6) is 0.438. The molecule has 0 radical (unpaired) electrons. The van der Waals surface area contributed by atoms with E-state index in [1.54, 1.807) is 19.2 Å². The van der Waals surface area contributed by atoms with Gasteiger partial charge in [-0.1, -0.05) is 6.07 Å². The second kappa shape index (κ2) is 7.33. The Hall–Kier alpha value is -3.61. The number of hydrogen-bond donors (Lipinski definition) is 1. The van der Waals surface area contributed by atoms with Gasteiger partial charge in [0.2, 0.25) is 0 Å². The summed E-state index contributed by atoms with van der Waals surface area (Å²) < 4.78 is 7.15. The van der Waals surface area contributed by atoms with Crippen molar-refractivity contribution in [2.75, 3.05) is 12.4 Å². The van der Waals surface area contributed by atoms with E-state index in [4.69, 9.17) is 4.74 Å². The van der Waals surface area contributed by atoms with E-state index in [0.29, 0.717) is 11.3 Å². The Morgan fingerprint density at radius 2 is 1.81 bits per heavy atom. The van der Waals surface area contributed by atoms with Gasteiger partial charge in [0.05, 0.1) is 17.6 Å². The maximum atomic E-state index is 12.7. The van der Waals surface area contributed by atoms with Gasteiger partial charge in [-0.15, -0.1) is 0 Å². The first-order valence-electron chi connectivity index (χ1n) is 8.30. The van der Waals surface area contributed by atoms with Gasteiger partial charge in [-0.25, -0.2) is 0 Å². The molecule has 1 heterocycles. The number of ether oxygens (including phenoxy) is 1. The van der Waals surface area contributed by atoms with Gasteiger partial charge < -0.3 is 14.6 Å². The molecule has 138 valence electrons. The number of nitro benzene ring substituents is 1. The highest BCUT2D eigenvalue weighted by Gasteiger charge is 2.17. The summed E-state index contributed by atoms with van der Waals surface area (Å²) in [6.07, 6.45) is 0. The number of methoxy groups -OCH3 is 1. The SMILES string of the molecule is COc1ccc(-n2c(C)cc(C(=O)Nc3cccc([N+](=O)[O-])c3)c2C)cc1. The van der Waals surface area contributed by atoms with E-state index in [1.165, 1.54) is 18.2 Å². The van der Waals surface area contributed by atoms with E-state index in [0.717, 1.165) is 22.8 Å². The molecular weight excluding hydrogens is 346 g/mol. The van der Waals surface area contributed by atoms with Crippen LogP contribution in [-0.2, 0) is 0 Å². The zero-order valence-corrected chi connectivity index (χ0v) is 15.2. The van der Waals surface area contributed by atoms with Gasteiger partial charge in [-0.3, -0.25) is 14.9 Å². The van der Waals surface area contributed by atoms with Crippen molar-refractivity contribution in [3.05, 3.63) is 81.7 Å². The minimum atomic E-state index is -0.495. The molecule has 0 atom stereocenters. The first kappa shape index (κ1) is 18.2. The third-order valence-corrected chi connectivity index (χ3v) is 4.32. The van der Waals surface area contributed by atoms with Gasteiger partial charge in [-0.05, 0) is 50.2 Å². The molecule has 0 spiro atoms. The molecule has 3 rings (SSSR count). The van der Waals surface area contributed by atoms with Crippen molar-refractivity contribution >= 4 is 17.3 Å². The molecule has 0 aliphatic rings. The zero-order valence-electron chi connectivity index (χ0n) is 15.2. The zero-order chi connectivity index (χ0) is 19.6. The molecule has 1 amide bonds. The smallest absolute Gasteiger partial charge is 0.271 e. The summed E-state index contributed by atoms with van der Waals surface area (Å²) in [6, 6.07) is 15.2. The third kappa shape index (κ3) is 3.67. The van der Waals surface area contributed by atoms with Crippen LogP contribution < -0.4 is 10.1 Å². The minimum Gasteiger partial charge on any atom is -0.497 e. The van der Waals surface area contributed by atoms with Crippen LogP contribution in [0.3, 0.4) is 0 Å². The molecule has 0 aliphatic carbocycles. The number of aromatic nitrogens is 1. The predicted octanol–water partition coefficient (Wildman–Crippen LogP) is 4.26. The maximum Gasteiger partial charge on any atom is 0.271 e. The summed E-state index contributed by atoms with van der Waals surface area (Å²) in [4.78, 5) is 23.1. The van der Waals surface area contributed by atoms with Crippen molar-refractivity contribution in [1.82, 2.24) is 4.57 Å². The molecule has 0 fully saturated rings. The first-order chi connectivity index (χ1) is 12.9. The number of hydrogen-bond acceptors (Lipinski definition) is 4. The highest BCUT2D eigenvalue weighted by atomic mass is 16.6. The number of non-ortho nitro benzene ring substituents is 1. The van der Waals surface area contributed by atoms with Crippen LogP contribution >= 0.6 is 0 Å². The third-order valence-electron chi connectivity index (χ3n) is 4.32. The lowest BCUT2D eigenvalue weighted by atomic mass is 10.2. The fourth-order valence-electron chi connectivity index (χ4n) is 3.02. The quantitative estimate of drug-likeness (QED) is 0.540. The van der Waals surface area contributed by atoms with E-state index >= 15 is 0 Å². The molecule has 2 aromatic carbocycles. The Bertz CT molecular complexity index is 1010. The van der Waals surface area contributed by atoms with E-state index < -0.39 is 4.92 Å². The van der Waals surface area contributed by atoms with Crippen LogP contribution in [0.15, 0.2) is 54.6 Å². The number of nitrogens with one attached hydrogen (secondary N) is 1. The average Bonchev–Trinajstić information content (AvgIpc) is 2.96. The highest BCUT2D eigenvalue weighted by molar-refractivity contribution is 6.05. The van der Waals surface area contributed by atoms with Crippen molar-refractivity contribution in [3.8, 4) is 11.4 Å². The Morgan fingerprint density at radius 3 is 2.44 bits per heavy atom. The van der Waals surface area contributed by atoms with Crippen LogP contribution in [0.1, 0.15) is 21.7 Å². The number of nitrogens with zero attached hydrogens (tertiary/aromatic N) is 2. The average molecular weight is 365 g/mol. The van der Waals surface area contributed by atoms with Crippen molar-refractivity contribution in [1.29, 1.82) is 0 Å². The molecule has 1 N–H and O–H groups in total. The Labute approximate surface area is 156 Å². The maximum absolute atomic E-state index is 12.7. The normalized spacial score (nSPS) is 10.5. The predicted molar refractivity (Wildman–Crippen MR) is 103 cm³/mol. The van der Waals surface area contributed by atoms with Gasteiger partial charge in [0.25, 0.3) is 11.6 Å². The Morgan fingerprint density at radius 1 is 1.11 bits per heavy atom. The molecule has 0 saturated carbocycles. The highest BCUT2D eigenvalue weighted by Crippen LogP contribution is 2.24. The summed E-state index contributed by atoms with van der Waals surface area (Å²) in [7, 11) is 1.61. The lowest BCUT2D eigenvalue weighted by molar-refractivity contribution is -0.384. The molecule has 3 aromatic rings. The van der Waals surface area contributed by atoms with Crippen LogP contribution in [0.25, 0.3) is 5.69 Å². The van der Waals surface area contributed by atoms with Crippen molar-refractivity contribution in [3.63, 3.8) is 0 Å². The van der Waals surface area contributed by atoms with Crippen molar-refractivity contribution < 1.29 is 14.5 Å². The lowest BCUT2D eigenvalue weighted by Gasteiger charge is -2.11. The fourth-order valence-corrected chi connectivity index (χ4v) is 3.02. The molecule has 7 heteroatoms. The number of rotatable bonds is 5. The second-order valence-corrected chi connectivity index (χ2v) is 6.08. The molecular formula is C20H19N3O4. The number of nitro groups is 1. The van der Waals surface area contributed by atoms with Gasteiger partial charge >= 0.3 is 0 Å². The van der Waals surface area contributed by atoms with E-state index in [-0.39, 0.29) is 11.6 Å². The number of carbonyl (C=O) groups excluding carboxylic acids is 1. The van der Waals surface area contributed by atoms with Crippen LogP contribution in [0.4, 0.5) is 11.4 Å². The van der Waals surface area contributed by atoms with Crippen molar-refractivity contribution in [2.24, 2.45) is 0 Å². The van der Waals surface area contributed by atoms with Crippen molar-refractivity contribution in [2.45, 2.75) is 13.8 Å². The van der Waals surface area contributed by atoms with E-state index in [9.17, 15) is 14.9 Å². The number of carbonyl (C=O) groups is 1. The van der Waals surface area contributed by atoms with Crippen LogP contribution in [-0.4, -0.2) is 22.5 Å². The van der Waals surface area contributed by atoms with Gasteiger partial charge in [0.15, 0.2) is 0 Å². The largest absolute Gasteiger partial charge is 0.497 e. The number of aryl methyl sites for hydroxylation is 1. The summed E-state index contributed by atoms with van der Waals surface area (Å²) >= 11 is 0. The van der Waals surface area contributed by atoms with E-state index in [1.807, 2.05) is 42.7 Å². The molecule has 7 nitrogen and oxygen atoms in total. The topological polar surface area (TPSA) is 86.4 Å². The molecule has 0 bridgehead atoms. The second-order valence-electron chi connectivity index (χ2n) is 6.08. The molecule has 27 heavy (non-hydrogen) atoms. The minimum absolute atomic E-state index is 0.0727. The Kier molecular flexibility index (Phi) is 4.94. The Balaban J connectivity index is 1.90. The molecule has 1 aromatic heterocycles. The fraction of sp³-hybridized carbons (Fsp3) is 0.150. The summed E-state index contributed by atoms with van der Waals surface area (Å²) in [6.45, 7) is 3.78. The first-order valence-corrected chi connectivity index (χ1v) is 8.30. The van der Waals surface area contributed by atoms with Crippen LogP contribution in [0, 0.1) is 24.0 Å². The summed E-state index contributed by atoms with van der Waals surface area (Å²) in [5.41, 5.74) is 3.41. The standard InChI is InChI=1S/C20H19N3O4/c1-13-11-19(14(2)22(13)16-7-9-18(27-3)10-8-16)20(24)21-15-5-4-6-17(12-15)23(25)26/h4-12H,1-3H3,(H,21,24). The number of anilines is 1. The van der Waals surface area contributed by atoms with Gasteiger partial charge in [-0.2, -0.15) is 0 Å². The number of amides is 1. The molecule has 0 saturated heterocycles. The van der Waals surface area contributed by atoms with Crippen LogP contribution in [0.2, 0.25) is 0 Å². The monoisotopic (exact) mass is 365 g/mol. The van der Waals surface area contributed by atoms with Gasteiger partial charge in [0.1, 0.15) is 5.75 Å². The molecule has 0 aliphatic heterocycles. The lowest BCUT2D eigenvalue weighted by Crippen LogP contribution is -2.13. The summed E-state index contributed by atoms with van der Waals surface area (Å²) in [5, 5.41) is 13.6. The van der Waals surface area contributed by atoms with E-state index in [2.05, 4.69) is 5.32 Å². The number of benzene rings is 2. The molecule has 0 unspecified atom stereocenters. The van der Waals surface area contributed by atoms with Crippen LogP contribution in [0.5, 0.6) is 5.75 Å². The van der Waals surface area contributed by atoms with Gasteiger partial charge in [0, 0.05) is 34.9 Å².